The Morgan fingerprint density at radius 3 is 2.56 bits per heavy atom. The van der Waals surface area contributed by atoms with E-state index in [2.05, 4.69) is 31.2 Å². The number of fused-ring (bicyclic) bond motifs is 1. The van der Waals surface area contributed by atoms with Crippen molar-refractivity contribution in [3.05, 3.63) is 47.3 Å². The number of nitrogens with zero attached hydrogens (tertiary/aromatic N) is 3. The van der Waals surface area contributed by atoms with Crippen molar-refractivity contribution in [1.29, 1.82) is 0 Å². The molecule has 1 aliphatic rings. The summed E-state index contributed by atoms with van der Waals surface area (Å²) in [5.41, 5.74) is 3.42. The van der Waals surface area contributed by atoms with Gasteiger partial charge in [0.05, 0.1) is 29.9 Å². The molecule has 1 N–H and O–H groups in total. The molecule has 1 saturated carbocycles. The van der Waals surface area contributed by atoms with Gasteiger partial charge in [0.1, 0.15) is 5.75 Å². The van der Waals surface area contributed by atoms with Crippen molar-refractivity contribution in [3.8, 4) is 5.75 Å². The number of amides is 1. The lowest BCUT2D eigenvalue weighted by Crippen LogP contribution is -2.22. The third kappa shape index (κ3) is 4.90. The predicted octanol–water partition coefficient (Wildman–Crippen LogP) is 4.99. The molecule has 34 heavy (non-hydrogen) atoms. The second kappa shape index (κ2) is 9.08. The van der Waals surface area contributed by atoms with Crippen molar-refractivity contribution in [2.24, 2.45) is 0 Å². The van der Waals surface area contributed by atoms with Gasteiger partial charge in [-0.25, -0.2) is 14.5 Å². The molecule has 1 amide bonds. The number of rotatable bonds is 7. The Morgan fingerprint density at radius 2 is 1.94 bits per heavy atom. The van der Waals surface area contributed by atoms with Gasteiger partial charge in [0.15, 0.2) is 12.3 Å². The molecular weight excluding hydrogens is 432 g/mol. The molecule has 1 fully saturated rings. The van der Waals surface area contributed by atoms with E-state index in [4.69, 9.17) is 14.5 Å². The molecule has 3 aromatic rings. The number of ether oxygens (including phenoxy) is 2. The first kappa shape index (κ1) is 23.7. The summed E-state index contributed by atoms with van der Waals surface area (Å²) in [6.45, 7) is 9.90. The van der Waals surface area contributed by atoms with Gasteiger partial charge < -0.3 is 14.8 Å². The van der Waals surface area contributed by atoms with Gasteiger partial charge in [0.25, 0.3) is 5.91 Å². The molecule has 1 aromatic carbocycles. The highest BCUT2D eigenvalue weighted by Gasteiger charge is 2.29. The molecule has 0 atom stereocenters. The lowest BCUT2D eigenvalue weighted by molar-refractivity contribution is -0.119. The van der Waals surface area contributed by atoms with E-state index >= 15 is 0 Å². The highest BCUT2D eigenvalue weighted by Crippen LogP contribution is 2.40. The number of benzene rings is 1. The van der Waals surface area contributed by atoms with Gasteiger partial charge in [-0.3, -0.25) is 4.79 Å². The fraction of sp³-hybridized carbons (Fsp3) is 0.462. The van der Waals surface area contributed by atoms with Crippen LogP contribution in [0.3, 0.4) is 0 Å². The zero-order valence-electron chi connectivity index (χ0n) is 20.6. The zero-order valence-corrected chi connectivity index (χ0v) is 20.6. The summed E-state index contributed by atoms with van der Waals surface area (Å²) in [5.74, 6) is -0.109. The van der Waals surface area contributed by atoms with E-state index in [1.165, 1.54) is 0 Å². The van der Waals surface area contributed by atoms with Crippen LogP contribution in [-0.4, -0.2) is 40.4 Å². The summed E-state index contributed by atoms with van der Waals surface area (Å²) >= 11 is 0. The normalized spacial score (nSPS) is 13.9. The summed E-state index contributed by atoms with van der Waals surface area (Å²) in [7, 11) is 1.55. The summed E-state index contributed by atoms with van der Waals surface area (Å²) < 4.78 is 12.6. The topological polar surface area (TPSA) is 95.3 Å². The van der Waals surface area contributed by atoms with Crippen LogP contribution in [0, 0.1) is 0 Å². The number of methoxy groups -OCH3 is 1. The number of pyridine rings is 1. The number of aromatic nitrogens is 3. The number of anilines is 1. The Bertz CT molecular complexity index is 1240. The minimum absolute atomic E-state index is 0.0926. The van der Waals surface area contributed by atoms with Gasteiger partial charge in [-0.1, -0.05) is 26.8 Å². The monoisotopic (exact) mass is 464 g/mol. The number of hydrogen-bond donors (Lipinski definition) is 1. The van der Waals surface area contributed by atoms with Crippen molar-refractivity contribution >= 4 is 28.6 Å². The van der Waals surface area contributed by atoms with Gasteiger partial charge in [-0.2, -0.15) is 5.10 Å². The van der Waals surface area contributed by atoms with Crippen molar-refractivity contribution in [2.45, 2.75) is 64.8 Å². The van der Waals surface area contributed by atoms with Crippen LogP contribution in [-0.2, 0) is 14.9 Å². The third-order valence-corrected chi connectivity index (χ3v) is 5.97. The fourth-order valence-corrected chi connectivity index (χ4v) is 3.84. The molecule has 0 bridgehead atoms. The van der Waals surface area contributed by atoms with Crippen LogP contribution in [0.5, 0.6) is 5.75 Å². The molecular formula is C26H32N4O4. The summed E-state index contributed by atoms with van der Waals surface area (Å²) in [6.07, 6.45) is 3.75. The molecule has 0 saturated heterocycles. The average molecular weight is 465 g/mol. The highest BCUT2D eigenvalue weighted by atomic mass is 16.5. The van der Waals surface area contributed by atoms with Crippen LogP contribution >= 0.6 is 0 Å². The summed E-state index contributed by atoms with van der Waals surface area (Å²) in [5, 5.41) is 7.84. The van der Waals surface area contributed by atoms with Crippen LogP contribution in [0.25, 0.3) is 11.0 Å². The second-order valence-electron chi connectivity index (χ2n) is 10.1. The van der Waals surface area contributed by atoms with Crippen molar-refractivity contribution in [3.63, 3.8) is 0 Å². The fourth-order valence-electron chi connectivity index (χ4n) is 3.84. The van der Waals surface area contributed by atoms with Gasteiger partial charge in [0, 0.05) is 17.7 Å². The first-order chi connectivity index (χ1) is 16.1. The predicted molar refractivity (Wildman–Crippen MR) is 130 cm³/mol. The Morgan fingerprint density at radius 1 is 1.21 bits per heavy atom. The Balaban J connectivity index is 1.52. The molecule has 0 aliphatic heterocycles. The largest absolute Gasteiger partial charge is 0.495 e. The molecule has 0 unspecified atom stereocenters. The molecule has 2 heterocycles. The van der Waals surface area contributed by atoms with Crippen molar-refractivity contribution in [1.82, 2.24) is 14.8 Å². The minimum Gasteiger partial charge on any atom is -0.495 e. The number of esters is 1. The lowest BCUT2D eigenvalue weighted by atomic mass is 9.87. The van der Waals surface area contributed by atoms with Crippen molar-refractivity contribution in [2.75, 3.05) is 19.0 Å². The van der Waals surface area contributed by atoms with Crippen LogP contribution in [0.1, 0.15) is 81.0 Å². The summed E-state index contributed by atoms with van der Waals surface area (Å²) in [4.78, 5) is 30.4. The van der Waals surface area contributed by atoms with E-state index in [0.29, 0.717) is 34.0 Å². The molecule has 1 aliphatic carbocycles. The molecule has 8 heteroatoms. The SMILES string of the molecule is COc1ccc(C(C)(C)C)cc1NC(=O)COC(=O)c1cc(C2CC2)nc2c1cnn2C(C)C. The number of nitrogens with one attached hydrogen (secondary N) is 1. The van der Waals surface area contributed by atoms with Crippen LogP contribution in [0.15, 0.2) is 30.5 Å². The maximum absolute atomic E-state index is 13.0. The van der Waals surface area contributed by atoms with Crippen LogP contribution < -0.4 is 10.1 Å². The first-order valence-electron chi connectivity index (χ1n) is 11.6. The van der Waals surface area contributed by atoms with E-state index in [1.54, 1.807) is 24.1 Å². The second-order valence-corrected chi connectivity index (χ2v) is 10.1. The van der Waals surface area contributed by atoms with Crippen molar-refractivity contribution < 1.29 is 19.1 Å². The Kier molecular flexibility index (Phi) is 6.34. The maximum atomic E-state index is 13.0. The van der Waals surface area contributed by atoms with E-state index in [-0.39, 0.29) is 11.5 Å². The number of hydrogen-bond acceptors (Lipinski definition) is 6. The van der Waals surface area contributed by atoms with Gasteiger partial charge in [-0.05, 0) is 55.9 Å². The molecule has 4 rings (SSSR count). The minimum atomic E-state index is -0.567. The Labute approximate surface area is 199 Å². The summed E-state index contributed by atoms with van der Waals surface area (Å²) in [6, 6.07) is 7.56. The zero-order chi connectivity index (χ0) is 24.6. The number of carbonyl (C=O) groups is 2. The van der Waals surface area contributed by atoms with Gasteiger partial charge >= 0.3 is 5.97 Å². The molecule has 8 nitrogen and oxygen atoms in total. The maximum Gasteiger partial charge on any atom is 0.339 e. The molecule has 0 radical (unpaired) electrons. The van der Waals surface area contributed by atoms with E-state index in [1.807, 2.05) is 32.0 Å². The van der Waals surface area contributed by atoms with E-state index < -0.39 is 18.5 Å². The Hall–Kier alpha value is -3.42. The molecule has 180 valence electrons. The van der Waals surface area contributed by atoms with Gasteiger partial charge in [-0.15, -0.1) is 0 Å². The average Bonchev–Trinajstić information content (AvgIpc) is 3.54. The lowest BCUT2D eigenvalue weighted by Gasteiger charge is -2.21. The van der Waals surface area contributed by atoms with E-state index in [9.17, 15) is 9.59 Å². The van der Waals surface area contributed by atoms with Crippen LogP contribution in [0.2, 0.25) is 0 Å². The smallest absolute Gasteiger partial charge is 0.339 e. The molecule has 2 aromatic heterocycles. The van der Waals surface area contributed by atoms with Gasteiger partial charge in [0.2, 0.25) is 0 Å². The highest BCUT2D eigenvalue weighted by molar-refractivity contribution is 6.04. The van der Waals surface area contributed by atoms with E-state index in [0.717, 1.165) is 24.1 Å². The number of carbonyl (C=O) groups excluding carboxylic acids is 2. The quantitative estimate of drug-likeness (QED) is 0.495. The third-order valence-electron chi connectivity index (χ3n) is 5.97. The van der Waals surface area contributed by atoms with Crippen LogP contribution in [0.4, 0.5) is 5.69 Å². The molecule has 0 spiro atoms. The standard InChI is InChI=1S/C26H32N4O4/c1-15(2)30-24-19(13-27-30)18(12-20(29-24)16-7-8-16)25(32)34-14-23(31)28-21-11-17(26(3,4)5)9-10-22(21)33-6/h9-13,15-16H,7-8,14H2,1-6H3,(H,28,31). The first-order valence-corrected chi connectivity index (χ1v) is 11.6.